The second-order valence-electron chi connectivity index (χ2n) is 11.1. The summed E-state index contributed by atoms with van der Waals surface area (Å²) in [6.07, 6.45) is -0.904. The lowest BCUT2D eigenvalue weighted by molar-refractivity contribution is -0.148. The van der Waals surface area contributed by atoms with E-state index in [4.69, 9.17) is 10.00 Å². The van der Waals surface area contributed by atoms with Crippen LogP contribution < -0.4 is 10.2 Å². The van der Waals surface area contributed by atoms with Crippen LogP contribution in [0.1, 0.15) is 37.8 Å². The maximum Gasteiger partial charge on any atom is 0.252 e. The van der Waals surface area contributed by atoms with Gasteiger partial charge >= 0.3 is 0 Å². The van der Waals surface area contributed by atoms with Crippen molar-refractivity contribution in [2.24, 2.45) is 5.92 Å². The van der Waals surface area contributed by atoms with Crippen molar-refractivity contribution in [1.29, 1.82) is 5.26 Å². The van der Waals surface area contributed by atoms with Gasteiger partial charge in [0.05, 0.1) is 36.3 Å². The van der Waals surface area contributed by atoms with Crippen LogP contribution in [-0.4, -0.2) is 92.0 Å². The summed E-state index contributed by atoms with van der Waals surface area (Å²) in [4.78, 5) is 27.9. The smallest absolute Gasteiger partial charge is 0.252 e. The van der Waals surface area contributed by atoms with Gasteiger partial charge in [0.1, 0.15) is 5.75 Å². The van der Waals surface area contributed by atoms with E-state index in [0.717, 1.165) is 16.1 Å². The number of fused-ring (bicyclic) bond motifs is 1. The number of aliphatic hydroxyl groups excluding tert-OH is 1. The molecule has 1 heterocycles. The van der Waals surface area contributed by atoms with Gasteiger partial charge in [-0.2, -0.15) is 9.57 Å². The monoisotopic (exact) mass is 599 g/mol. The molecule has 1 unspecified atom stereocenters. The van der Waals surface area contributed by atoms with Crippen molar-refractivity contribution in [2.45, 2.75) is 56.6 Å². The largest absolute Gasteiger partial charge is 0.493 e. The zero-order valence-corrected chi connectivity index (χ0v) is 25.5. The number of amides is 2. The minimum atomic E-state index is -4.04. The van der Waals surface area contributed by atoms with E-state index in [2.05, 4.69) is 5.43 Å². The van der Waals surface area contributed by atoms with Crippen molar-refractivity contribution in [2.75, 3.05) is 40.3 Å². The number of carbonyl (C=O) groups excluding carboxylic acids is 2. The lowest BCUT2D eigenvalue weighted by Gasteiger charge is -2.37. The maximum absolute atomic E-state index is 13.9. The summed E-state index contributed by atoms with van der Waals surface area (Å²) in [6.45, 7) is 4.03. The third kappa shape index (κ3) is 9.00. The van der Waals surface area contributed by atoms with E-state index in [1.807, 2.05) is 50.2 Å². The van der Waals surface area contributed by atoms with Crippen LogP contribution in [-0.2, 0) is 32.5 Å². The number of nitriles is 1. The van der Waals surface area contributed by atoms with Gasteiger partial charge in [-0.05, 0) is 55.8 Å². The van der Waals surface area contributed by atoms with E-state index in [1.165, 1.54) is 10.4 Å². The van der Waals surface area contributed by atoms with Gasteiger partial charge in [0.2, 0.25) is 15.9 Å². The van der Waals surface area contributed by atoms with E-state index >= 15 is 0 Å². The number of ether oxygens (including phenoxy) is 1. The van der Waals surface area contributed by atoms with Gasteiger partial charge in [-0.25, -0.2) is 13.4 Å². The van der Waals surface area contributed by atoms with Gasteiger partial charge in [-0.1, -0.05) is 44.2 Å². The summed E-state index contributed by atoms with van der Waals surface area (Å²) < 4.78 is 34.6. The molecular weight excluding hydrogens is 558 g/mol. The van der Waals surface area contributed by atoms with Gasteiger partial charge in [0, 0.05) is 32.4 Å². The molecule has 2 N–H and O–H groups in total. The summed E-state index contributed by atoms with van der Waals surface area (Å²) >= 11 is 0. The first kappa shape index (κ1) is 33.0. The van der Waals surface area contributed by atoms with Gasteiger partial charge in [0.25, 0.3) is 5.91 Å². The van der Waals surface area contributed by atoms with E-state index < -0.39 is 34.0 Å². The Morgan fingerprint density at radius 2 is 1.83 bits per heavy atom. The highest BCUT2D eigenvalue weighted by Crippen LogP contribution is 2.29. The molecule has 0 saturated heterocycles. The summed E-state index contributed by atoms with van der Waals surface area (Å²) in [7, 11) is -0.629. The molecule has 0 aliphatic carbocycles. The maximum atomic E-state index is 13.9. The molecule has 1 aliphatic heterocycles. The molecule has 0 spiro atoms. The number of hydrogen-bond acceptors (Lipinski definition) is 8. The zero-order valence-electron chi connectivity index (χ0n) is 24.7. The minimum absolute atomic E-state index is 0.0217. The molecule has 0 bridgehead atoms. The molecule has 0 radical (unpaired) electrons. The predicted octanol–water partition coefficient (Wildman–Crippen LogP) is 1.97. The molecule has 2 aromatic carbocycles. The topological polar surface area (TPSA) is 143 Å². The Hall–Kier alpha value is -3.50. The molecule has 2 atom stereocenters. The molecule has 2 amide bonds. The number of likely N-dealkylation sites (N-methyl/N-ethyl adjacent to an activating group) is 1. The standard InChI is InChI=1S/C30H41N5O6S/c1-22(2)19-34(42(39,40)25-12-13-28-24(18-25)14-16-41-28)20-27(36)26(17-23-9-6-5-7-10-23)35(30(38)11-8-15-31)32-29(37)21-33(3)4/h5-7,9-10,12-13,18,22,26-27,36H,8,11,14,16-17,19-21H2,1-4H3,(H,32,37)/t26?,27-/m1/s1. The summed E-state index contributed by atoms with van der Waals surface area (Å²) in [5, 5.41) is 21.9. The molecule has 42 heavy (non-hydrogen) atoms. The second-order valence-corrected chi connectivity index (χ2v) is 13.0. The second kappa shape index (κ2) is 15.1. The average Bonchev–Trinajstić information content (AvgIpc) is 3.41. The SMILES string of the molecule is CC(C)CN(C[C@@H](O)C(Cc1ccccc1)N(NC(=O)CN(C)C)C(=O)CCC#N)S(=O)(=O)c1ccc2c(c1)CCO2. The van der Waals surface area contributed by atoms with Crippen LogP contribution in [0.2, 0.25) is 0 Å². The molecular formula is C30H41N5O6S. The molecule has 228 valence electrons. The Kier molecular flexibility index (Phi) is 11.9. The van der Waals surface area contributed by atoms with E-state index in [1.54, 1.807) is 31.1 Å². The van der Waals surface area contributed by atoms with Crippen LogP contribution in [0.5, 0.6) is 5.75 Å². The van der Waals surface area contributed by atoms with Crippen LogP contribution in [0.25, 0.3) is 0 Å². The fourth-order valence-electron chi connectivity index (χ4n) is 4.81. The molecule has 0 fully saturated rings. The Labute approximate surface area is 248 Å². The number of carbonyl (C=O) groups is 2. The number of hydrogen-bond donors (Lipinski definition) is 2. The van der Waals surface area contributed by atoms with Gasteiger partial charge < -0.3 is 14.7 Å². The van der Waals surface area contributed by atoms with Crippen molar-refractivity contribution in [3.05, 3.63) is 59.7 Å². The molecule has 1 aliphatic rings. The normalized spacial score (nSPS) is 14.3. The van der Waals surface area contributed by atoms with Crippen molar-refractivity contribution < 1.29 is 27.9 Å². The van der Waals surface area contributed by atoms with Crippen molar-refractivity contribution in [3.63, 3.8) is 0 Å². The van der Waals surface area contributed by atoms with E-state index in [-0.39, 0.29) is 49.7 Å². The quantitative estimate of drug-likeness (QED) is 0.314. The van der Waals surface area contributed by atoms with E-state index in [0.29, 0.717) is 18.8 Å². The van der Waals surface area contributed by atoms with Gasteiger partial charge in [-0.15, -0.1) is 0 Å². The first-order valence-corrected chi connectivity index (χ1v) is 15.5. The molecule has 12 heteroatoms. The summed E-state index contributed by atoms with van der Waals surface area (Å²) in [5.74, 6) is -0.444. The fourth-order valence-corrected chi connectivity index (χ4v) is 6.48. The summed E-state index contributed by atoms with van der Waals surface area (Å²) in [6, 6.07) is 14.8. The number of aliphatic hydroxyl groups is 1. The Morgan fingerprint density at radius 1 is 1.12 bits per heavy atom. The summed E-state index contributed by atoms with van der Waals surface area (Å²) in [5.41, 5.74) is 4.21. The van der Waals surface area contributed by atoms with Crippen molar-refractivity contribution in [3.8, 4) is 11.8 Å². The van der Waals surface area contributed by atoms with Crippen molar-refractivity contribution in [1.82, 2.24) is 19.6 Å². The van der Waals surface area contributed by atoms with Crippen LogP contribution >= 0.6 is 0 Å². The highest BCUT2D eigenvalue weighted by Gasteiger charge is 2.36. The lowest BCUT2D eigenvalue weighted by atomic mass is 9.99. The first-order chi connectivity index (χ1) is 19.9. The number of benzene rings is 2. The Balaban J connectivity index is 1.99. The molecule has 0 aromatic heterocycles. The van der Waals surface area contributed by atoms with Gasteiger partial charge in [-0.3, -0.25) is 15.0 Å². The fraction of sp³-hybridized carbons (Fsp3) is 0.500. The number of hydrazine groups is 1. The van der Waals surface area contributed by atoms with Gasteiger partial charge in [0.15, 0.2) is 0 Å². The van der Waals surface area contributed by atoms with Crippen LogP contribution in [0.3, 0.4) is 0 Å². The Morgan fingerprint density at radius 3 is 2.48 bits per heavy atom. The molecule has 11 nitrogen and oxygen atoms in total. The third-order valence-electron chi connectivity index (χ3n) is 6.75. The number of sulfonamides is 1. The third-order valence-corrected chi connectivity index (χ3v) is 8.57. The van der Waals surface area contributed by atoms with Crippen LogP contribution in [0, 0.1) is 17.2 Å². The highest BCUT2D eigenvalue weighted by molar-refractivity contribution is 7.89. The van der Waals surface area contributed by atoms with Crippen LogP contribution in [0.15, 0.2) is 53.4 Å². The number of nitrogens with one attached hydrogen (secondary N) is 1. The highest BCUT2D eigenvalue weighted by atomic mass is 32.2. The zero-order chi connectivity index (χ0) is 30.9. The Bertz CT molecular complexity index is 1360. The molecule has 0 saturated carbocycles. The minimum Gasteiger partial charge on any atom is -0.493 e. The lowest BCUT2D eigenvalue weighted by Crippen LogP contribution is -2.60. The van der Waals surface area contributed by atoms with Crippen LogP contribution in [0.4, 0.5) is 0 Å². The molecule has 3 rings (SSSR count). The number of rotatable bonds is 14. The first-order valence-electron chi connectivity index (χ1n) is 14.0. The van der Waals surface area contributed by atoms with E-state index in [9.17, 15) is 23.1 Å². The number of nitrogens with zero attached hydrogens (tertiary/aromatic N) is 4. The average molecular weight is 600 g/mol. The van der Waals surface area contributed by atoms with Crippen molar-refractivity contribution >= 4 is 21.8 Å². The predicted molar refractivity (Wildman–Crippen MR) is 158 cm³/mol. The molecule has 2 aromatic rings.